The Morgan fingerprint density at radius 2 is 2.05 bits per heavy atom. The maximum Gasteiger partial charge on any atom is 0.232 e. The number of para-hydroxylation sites is 1. The van der Waals surface area contributed by atoms with Gasteiger partial charge in [-0.05, 0) is 18.6 Å². The van der Waals surface area contributed by atoms with Gasteiger partial charge in [0.05, 0.1) is 5.75 Å². The van der Waals surface area contributed by atoms with E-state index in [4.69, 9.17) is 11.5 Å². The molecule has 7 nitrogen and oxygen atoms in total. The van der Waals surface area contributed by atoms with Gasteiger partial charge in [-0.3, -0.25) is 4.79 Å². The molecule has 8 heteroatoms. The Morgan fingerprint density at radius 3 is 2.77 bits per heavy atom. The minimum absolute atomic E-state index is 0.164. The number of rotatable bonds is 7. The highest BCUT2D eigenvalue weighted by Gasteiger charge is 2.06. The predicted octanol–water partition coefficient (Wildman–Crippen LogP) is 1.61. The van der Waals surface area contributed by atoms with Crippen LogP contribution in [0, 0.1) is 6.92 Å². The molecule has 22 heavy (non-hydrogen) atoms. The van der Waals surface area contributed by atoms with Crippen molar-refractivity contribution in [3.8, 4) is 0 Å². The molecule has 0 aliphatic rings. The van der Waals surface area contributed by atoms with E-state index in [1.54, 1.807) is 0 Å². The van der Waals surface area contributed by atoms with E-state index in [-0.39, 0.29) is 11.9 Å². The van der Waals surface area contributed by atoms with Crippen molar-refractivity contribution in [3.05, 3.63) is 35.7 Å². The van der Waals surface area contributed by atoms with Crippen molar-refractivity contribution in [1.82, 2.24) is 15.0 Å². The second-order valence-corrected chi connectivity index (χ2v) is 5.75. The number of hydrogen-bond acceptors (Lipinski definition) is 7. The van der Waals surface area contributed by atoms with Crippen LogP contribution in [-0.4, -0.2) is 26.6 Å². The fourth-order valence-electron chi connectivity index (χ4n) is 1.73. The summed E-state index contributed by atoms with van der Waals surface area (Å²) in [6.07, 6.45) is 0.333. The Labute approximate surface area is 132 Å². The molecule has 1 aromatic carbocycles. The standard InChI is InChI=1S/C14H18N6OS/c1-9-4-2-3-5-10(9)17-14-19-12(18-13(16)20-14)8-22-7-6-11(15)21/h2-5H,6-8H2,1H3,(H2,15,21)(H3,16,17,18,19,20). The van der Waals surface area contributed by atoms with Crippen molar-refractivity contribution in [2.24, 2.45) is 5.73 Å². The summed E-state index contributed by atoms with van der Waals surface area (Å²) in [7, 11) is 0. The summed E-state index contributed by atoms with van der Waals surface area (Å²) in [6, 6.07) is 7.83. The normalized spacial score (nSPS) is 10.4. The van der Waals surface area contributed by atoms with Crippen molar-refractivity contribution < 1.29 is 4.79 Å². The third-order valence-electron chi connectivity index (χ3n) is 2.81. The number of nitrogens with zero attached hydrogens (tertiary/aromatic N) is 3. The summed E-state index contributed by atoms with van der Waals surface area (Å²) < 4.78 is 0. The summed E-state index contributed by atoms with van der Waals surface area (Å²) in [5.41, 5.74) is 12.8. The molecular weight excluding hydrogens is 300 g/mol. The maximum atomic E-state index is 10.7. The zero-order valence-electron chi connectivity index (χ0n) is 12.2. The number of aryl methyl sites for hydroxylation is 1. The summed E-state index contributed by atoms with van der Waals surface area (Å²) in [6.45, 7) is 1.99. The van der Waals surface area contributed by atoms with Gasteiger partial charge < -0.3 is 16.8 Å². The molecule has 0 aliphatic carbocycles. The van der Waals surface area contributed by atoms with Crippen LogP contribution in [0.1, 0.15) is 17.8 Å². The maximum absolute atomic E-state index is 10.7. The van der Waals surface area contributed by atoms with E-state index >= 15 is 0 Å². The molecule has 0 aliphatic heterocycles. The molecule has 1 aromatic heterocycles. The summed E-state index contributed by atoms with van der Waals surface area (Å²) in [4.78, 5) is 23.2. The first-order valence-corrected chi connectivity index (χ1v) is 7.89. The van der Waals surface area contributed by atoms with Crippen molar-refractivity contribution in [2.45, 2.75) is 19.1 Å². The van der Waals surface area contributed by atoms with Crippen molar-refractivity contribution >= 4 is 35.3 Å². The first-order valence-electron chi connectivity index (χ1n) is 6.73. The second-order valence-electron chi connectivity index (χ2n) is 4.64. The molecule has 0 radical (unpaired) electrons. The lowest BCUT2D eigenvalue weighted by atomic mass is 10.2. The van der Waals surface area contributed by atoms with Crippen LogP contribution < -0.4 is 16.8 Å². The fourth-order valence-corrected chi connectivity index (χ4v) is 2.53. The zero-order valence-corrected chi connectivity index (χ0v) is 13.1. The van der Waals surface area contributed by atoms with E-state index in [1.165, 1.54) is 11.8 Å². The molecule has 0 saturated carbocycles. The second kappa shape index (κ2) is 7.60. The molecule has 1 amide bonds. The van der Waals surface area contributed by atoms with Gasteiger partial charge in [0.2, 0.25) is 17.8 Å². The smallest absolute Gasteiger partial charge is 0.232 e. The molecule has 0 atom stereocenters. The van der Waals surface area contributed by atoms with E-state index in [9.17, 15) is 4.79 Å². The lowest BCUT2D eigenvalue weighted by Crippen LogP contribution is -2.11. The zero-order chi connectivity index (χ0) is 15.9. The molecule has 2 rings (SSSR count). The van der Waals surface area contributed by atoms with E-state index in [0.29, 0.717) is 29.7 Å². The number of primary amides is 1. The molecule has 0 bridgehead atoms. The number of benzene rings is 1. The van der Waals surface area contributed by atoms with E-state index < -0.39 is 0 Å². The monoisotopic (exact) mass is 318 g/mol. The predicted molar refractivity (Wildman–Crippen MR) is 88.7 cm³/mol. The van der Waals surface area contributed by atoms with E-state index in [0.717, 1.165) is 11.3 Å². The molecular formula is C14H18N6OS. The minimum atomic E-state index is -0.315. The third kappa shape index (κ3) is 4.88. The van der Waals surface area contributed by atoms with Gasteiger partial charge >= 0.3 is 0 Å². The van der Waals surface area contributed by atoms with Gasteiger partial charge in [0, 0.05) is 17.9 Å². The number of nitrogens with one attached hydrogen (secondary N) is 1. The van der Waals surface area contributed by atoms with Gasteiger partial charge in [0.25, 0.3) is 0 Å². The molecule has 0 fully saturated rings. The highest BCUT2D eigenvalue weighted by Crippen LogP contribution is 2.18. The number of carbonyl (C=O) groups excluding carboxylic acids is 1. The van der Waals surface area contributed by atoms with Gasteiger partial charge in [-0.15, -0.1) is 0 Å². The number of aromatic nitrogens is 3. The molecule has 2 aromatic rings. The molecule has 116 valence electrons. The summed E-state index contributed by atoms with van der Waals surface area (Å²) in [5.74, 6) is 2.00. The van der Waals surface area contributed by atoms with Crippen LogP contribution in [0.5, 0.6) is 0 Å². The number of carbonyl (C=O) groups is 1. The average Bonchev–Trinajstić information content (AvgIpc) is 2.45. The number of anilines is 3. The topological polar surface area (TPSA) is 120 Å². The third-order valence-corrected chi connectivity index (χ3v) is 3.77. The quantitative estimate of drug-likeness (QED) is 0.663. The van der Waals surface area contributed by atoms with Gasteiger partial charge in [-0.1, -0.05) is 18.2 Å². The average molecular weight is 318 g/mol. The Hall–Kier alpha value is -2.35. The molecule has 0 spiro atoms. The van der Waals surface area contributed by atoms with E-state index in [2.05, 4.69) is 20.3 Å². The number of nitrogen functional groups attached to an aromatic ring is 1. The first-order chi connectivity index (χ1) is 10.5. The van der Waals surface area contributed by atoms with Crippen LogP contribution in [0.2, 0.25) is 0 Å². The highest BCUT2D eigenvalue weighted by molar-refractivity contribution is 7.98. The van der Waals surface area contributed by atoms with Crippen LogP contribution in [0.3, 0.4) is 0 Å². The van der Waals surface area contributed by atoms with Crippen molar-refractivity contribution in [2.75, 3.05) is 16.8 Å². The van der Waals surface area contributed by atoms with Gasteiger partial charge in [-0.2, -0.15) is 26.7 Å². The number of nitrogens with two attached hydrogens (primary N) is 2. The number of hydrogen-bond donors (Lipinski definition) is 3. The molecule has 1 heterocycles. The van der Waals surface area contributed by atoms with Gasteiger partial charge in [0.1, 0.15) is 5.82 Å². The van der Waals surface area contributed by atoms with Gasteiger partial charge in [0.15, 0.2) is 0 Å². The first kappa shape index (κ1) is 16.0. The number of amides is 1. The lowest BCUT2D eigenvalue weighted by molar-refractivity contribution is -0.117. The van der Waals surface area contributed by atoms with Crippen LogP contribution in [0.15, 0.2) is 24.3 Å². The SMILES string of the molecule is Cc1ccccc1Nc1nc(N)nc(CSCCC(N)=O)n1. The number of thioether (sulfide) groups is 1. The van der Waals surface area contributed by atoms with E-state index in [1.807, 2.05) is 31.2 Å². The Kier molecular flexibility index (Phi) is 5.54. The van der Waals surface area contributed by atoms with Crippen LogP contribution in [-0.2, 0) is 10.5 Å². The van der Waals surface area contributed by atoms with Crippen LogP contribution in [0.4, 0.5) is 17.6 Å². The minimum Gasteiger partial charge on any atom is -0.370 e. The summed E-state index contributed by atoms with van der Waals surface area (Å²) >= 11 is 1.52. The summed E-state index contributed by atoms with van der Waals surface area (Å²) in [5, 5.41) is 3.14. The van der Waals surface area contributed by atoms with Crippen molar-refractivity contribution in [3.63, 3.8) is 0 Å². The Morgan fingerprint density at radius 1 is 1.27 bits per heavy atom. The van der Waals surface area contributed by atoms with Crippen LogP contribution >= 0.6 is 11.8 Å². The lowest BCUT2D eigenvalue weighted by Gasteiger charge is -2.09. The highest BCUT2D eigenvalue weighted by atomic mass is 32.2. The largest absolute Gasteiger partial charge is 0.370 e. The fraction of sp³-hybridized carbons (Fsp3) is 0.286. The Balaban J connectivity index is 2.03. The molecule has 0 unspecified atom stereocenters. The molecule has 0 saturated heterocycles. The van der Waals surface area contributed by atoms with Crippen LogP contribution in [0.25, 0.3) is 0 Å². The van der Waals surface area contributed by atoms with Gasteiger partial charge in [-0.25, -0.2) is 0 Å². The Bertz CT molecular complexity index is 664. The van der Waals surface area contributed by atoms with Crippen molar-refractivity contribution in [1.29, 1.82) is 0 Å². The molecule has 5 N–H and O–H groups in total.